The standard InChI is InChI=1S/C65H40N4.2C3H6/c1-3-19-41(20-4-1)53-39-59(66-40-54(53)42-35-37-44(38-36-42)67-55-31-15-11-23-45(55)46-24-12-16-32-56(46)67)69-58-34-18-14-30-52(58)62-63-60(48-26-8-10-28-50(48)65(62)69)47-25-7-9-27-49(47)64-61(63)51-29-13-17-33-57(51)68(64)43-21-5-2-6-22-43;2*1-3-2/h1-40H;2*3H,1H2,2H3. The van der Waals surface area contributed by atoms with E-state index < -0.39 is 0 Å². The molecule has 11 aromatic carbocycles. The van der Waals surface area contributed by atoms with Gasteiger partial charge in [-0.3, -0.25) is 4.57 Å². The molecule has 4 aromatic heterocycles. The number of nitrogens with zero attached hydrogens (tertiary/aromatic N) is 4. The van der Waals surface area contributed by atoms with Gasteiger partial charge in [0.1, 0.15) is 5.82 Å². The van der Waals surface area contributed by atoms with E-state index >= 15 is 0 Å². The maximum absolute atomic E-state index is 5.48. The molecule has 0 saturated carbocycles. The molecule has 0 aliphatic rings. The number of hydrogen-bond donors (Lipinski definition) is 0. The molecule has 4 heteroatoms. The van der Waals surface area contributed by atoms with E-state index in [0.717, 1.165) is 50.5 Å². The Kier molecular flexibility index (Phi) is 11.2. The second kappa shape index (κ2) is 18.7. The quantitative estimate of drug-likeness (QED) is 0.125. The highest BCUT2D eigenvalue weighted by Crippen LogP contribution is 2.51. The van der Waals surface area contributed by atoms with E-state index in [9.17, 15) is 0 Å². The van der Waals surface area contributed by atoms with Gasteiger partial charge in [0, 0.05) is 71.6 Å². The van der Waals surface area contributed by atoms with E-state index in [1.54, 1.807) is 12.2 Å². The van der Waals surface area contributed by atoms with Crippen LogP contribution in [0, 0.1) is 0 Å². The molecule has 0 bridgehead atoms. The molecule has 0 aliphatic heterocycles. The summed E-state index contributed by atoms with van der Waals surface area (Å²) in [5.41, 5.74) is 13.8. The molecule has 15 aromatic rings. The minimum atomic E-state index is 0.874. The maximum Gasteiger partial charge on any atom is 0.138 e. The lowest BCUT2D eigenvalue weighted by Crippen LogP contribution is -2.00. The highest BCUT2D eigenvalue weighted by molar-refractivity contribution is 6.45. The number of fused-ring (bicyclic) bond motifs is 18. The van der Waals surface area contributed by atoms with Crippen LogP contribution >= 0.6 is 0 Å². The molecule has 0 fully saturated rings. The third-order valence-corrected chi connectivity index (χ3v) is 14.6. The SMILES string of the molecule is C=CC.C=CC.c1ccc(-c2cc(-n3c4ccccc4c4c5c(c6ccccc6c6c5c5ccccc5n6-c5ccccc5)c5ccccc5c43)ncc2-c2ccc(-n3c4ccccc4c4ccccc43)cc2)cc1. The highest BCUT2D eigenvalue weighted by atomic mass is 15.1. The molecule has 4 nitrogen and oxygen atoms in total. The summed E-state index contributed by atoms with van der Waals surface area (Å²) in [7, 11) is 0. The first kappa shape index (κ1) is 45.1. The van der Waals surface area contributed by atoms with Gasteiger partial charge in [0.25, 0.3) is 0 Å². The van der Waals surface area contributed by atoms with E-state index in [0.29, 0.717) is 0 Å². The van der Waals surface area contributed by atoms with E-state index in [-0.39, 0.29) is 0 Å². The Labute approximate surface area is 435 Å². The van der Waals surface area contributed by atoms with Crippen LogP contribution in [-0.4, -0.2) is 18.7 Å². The summed E-state index contributed by atoms with van der Waals surface area (Å²) in [5.74, 6) is 0.874. The van der Waals surface area contributed by atoms with Gasteiger partial charge in [0.2, 0.25) is 0 Å². The molecule has 356 valence electrons. The van der Waals surface area contributed by atoms with Crippen molar-refractivity contribution >= 4 is 97.7 Å². The van der Waals surface area contributed by atoms with Crippen LogP contribution in [0.1, 0.15) is 13.8 Å². The third-order valence-electron chi connectivity index (χ3n) is 14.6. The maximum atomic E-state index is 5.48. The van der Waals surface area contributed by atoms with Crippen molar-refractivity contribution in [1.82, 2.24) is 18.7 Å². The molecule has 0 radical (unpaired) electrons. The Morgan fingerprint density at radius 2 is 0.693 bits per heavy atom. The molecule has 4 heterocycles. The zero-order valence-electron chi connectivity index (χ0n) is 42.0. The predicted octanol–water partition coefficient (Wildman–Crippen LogP) is 19.6. The summed E-state index contributed by atoms with van der Waals surface area (Å²) in [6.45, 7) is 10.5. The van der Waals surface area contributed by atoms with Crippen molar-refractivity contribution in [2.24, 2.45) is 0 Å². The van der Waals surface area contributed by atoms with Crippen molar-refractivity contribution in [3.63, 3.8) is 0 Å². The van der Waals surface area contributed by atoms with Gasteiger partial charge in [-0.25, -0.2) is 4.98 Å². The Bertz CT molecular complexity index is 4630. The molecule has 0 atom stereocenters. The van der Waals surface area contributed by atoms with Crippen LogP contribution in [0.5, 0.6) is 0 Å². The van der Waals surface area contributed by atoms with Gasteiger partial charge in [0.05, 0.1) is 33.1 Å². The molecule has 15 rings (SSSR count). The summed E-state index contributed by atoms with van der Waals surface area (Å²) in [6, 6.07) is 86.2. The fourth-order valence-corrected chi connectivity index (χ4v) is 11.8. The van der Waals surface area contributed by atoms with Gasteiger partial charge in [-0.1, -0.05) is 194 Å². The fraction of sp³-hybridized carbons (Fsp3) is 0.0282. The topological polar surface area (TPSA) is 27.7 Å². The molecule has 0 spiro atoms. The Morgan fingerprint density at radius 3 is 1.21 bits per heavy atom. The molecular weight excluding hydrogens is 909 g/mol. The van der Waals surface area contributed by atoms with Crippen LogP contribution in [0.15, 0.2) is 268 Å². The van der Waals surface area contributed by atoms with Crippen molar-refractivity contribution in [3.05, 3.63) is 268 Å². The zero-order chi connectivity index (χ0) is 50.6. The summed E-state index contributed by atoms with van der Waals surface area (Å²) in [4.78, 5) is 5.48. The Balaban J connectivity index is 0.000000863. The lowest BCUT2D eigenvalue weighted by molar-refractivity contribution is 1.09. The van der Waals surface area contributed by atoms with Gasteiger partial charge < -0.3 is 9.13 Å². The summed E-state index contributed by atoms with van der Waals surface area (Å²) in [6.07, 6.45) is 5.59. The summed E-state index contributed by atoms with van der Waals surface area (Å²) >= 11 is 0. The van der Waals surface area contributed by atoms with Crippen molar-refractivity contribution in [2.75, 3.05) is 0 Å². The van der Waals surface area contributed by atoms with E-state index in [2.05, 4.69) is 270 Å². The minimum Gasteiger partial charge on any atom is -0.309 e. The van der Waals surface area contributed by atoms with Crippen molar-refractivity contribution in [2.45, 2.75) is 13.8 Å². The number of rotatable bonds is 5. The number of pyridine rings is 1. The molecular formula is C71H52N4. The van der Waals surface area contributed by atoms with Crippen LogP contribution in [0.3, 0.4) is 0 Å². The normalized spacial score (nSPS) is 11.4. The molecule has 0 saturated heterocycles. The average Bonchev–Trinajstić information content (AvgIpc) is 4.17. The van der Waals surface area contributed by atoms with E-state index in [4.69, 9.17) is 4.98 Å². The van der Waals surface area contributed by atoms with Gasteiger partial charge in [-0.15, -0.1) is 13.2 Å². The highest BCUT2D eigenvalue weighted by Gasteiger charge is 2.26. The number of para-hydroxylation sites is 5. The first-order valence-electron chi connectivity index (χ1n) is 25.7. The predicted molar refractivity (Wildman–Crippen MR) is 322 cm³/mol. The number of aromatic nitrogens is 4. The van der Waals surface area contributed by atoms with Gasteiger partial charge in [0.15, 0.2) is 0 Å². The van der Waals surface area contributed by atoms with E-state index in [1.165, 1.54) is 86.7 Å². The number of allylic oxidation sites excluding steroid dienone is 2. The molecule has 0 N–H and O–H groups in total. The second-order valence-corrected chi connectivity index (χ2v) is 19.0. The van der Waals surface area contributed by atoms with Gasteiger partial charge >= 0.3 is 0 Å². The molecule has 0 unspecified atom stereocenters. The lowest BCUT2D eigenvalue weighted by atomic mass is 9.89. The molecule has 0 amide bonds. The average molecular weight is 961 g/mol. The van der Waals surface area contributed by atoms with E-state index in [1.807, 2.05) is 13.8 Å². The van der Waals surface area contributed by atoms with Gasteiger partial charge in [-0.2, -0.15) is 0 Å². The van der Waals surface area contributed by atoms with Crippen LogP contribution in [0.25, 0.3) is 137 Å². The van der Waals surface area contributed by atoms with Crippen molar-refractivity contribution in [1.29, 1.82) is 0 Å². The lowest BCUT2D eigenvalue weighted by Gasteiger charge is -2.17. The van der Waals surface area contributed by atoms with Crippen LogP contribution in [0.2, 0.25) is 0 Å². The summed E-state index contributed by atoms with van der Waals surface area (Å²) in [5, 5.41) is 14.9. The smallest absolute Gasteiger partial charge is 0.138 e. The van der Waals surface area contributed by atoms with Crippen LogP contribution in [-0.2, 0) is 0 Å². The fourth-order valence-electron chi connectivity index (χ4n) is 11.8. The first-order chi connectivity index (χ1) is 37.1. The van der Waals surface area contributed by atoms with Gasteiger partial charge in [-0.05, 0) is 101 Å². The summed E-state index contributed by atoms with van der Waals surface area (Å²) < 4.78 is 7.29. The zero-order valence-corrected chi connectivity index (χ0v) is 42.0. The number of benzene rings is 11. The Hall–Kier alpha value is -9.77. The monoisotopic (exact) mass is 960 g/mol. The van der Waals surface area contributed by atoms with Crippen molar-refractivity contribution in [3.8, 4) is 39.4 Å². The first-order valence-corrected chi connectivity index (χ1v) is 25.7. The van der Waals surface area contributed by atoms with Crippen LogP contribution < -0.4 is 0 Å². The second-order valence-electron chi connectivity index (χ2n) is 19.0. The third kappa shape index (κ3) is 7.10. The number of hydrogen-bond acceptors (Lipinski definition) is 1. The largest absolute Gasteiger partial charge is 0.309 e. The van der Waals surface area contributed by atoms with Crippen LogP contribution in [0.4, 0.5) is 0 Å². The Morgan fingerprint density at radius 1 is 0.320 bits per heavy atom. The van der Waals surface area contributed by atoms with Crippen molar-refractivity contribution < 1.29 is 0 Å². The minimum absolute atomic E-state index is 0.874. The molecule has 0 aliphatic carbocycles. The molecule has 75 heavy (non-hydrogen) atoms.